The average Bonchev–Trinajstić information content (AvgIpc) is 3.21. The Kier molecular flexibility index (Phi) is 7.12. The molecule has 3 rings (SSSR count). The molecule has 6 nitrogen and oxygen atoms in total. The molecule has 0 radical (unpaired) electrons. The Morgan fingerprint density at radius 2 is 2.04 bits per heavy atom. The number of benzene rings is 1. The summed E-state index contributed by atoms with van der Waals surface area (Å²) in [7, 11) is 0. The van der Waals surface area contributed by atoms with Gasteiger partial charge in [0.2, 0.25) is 0 Å². The quantitative estimate of drug-likeness (QED) is 0.754. The van der Waals surface area contributed by atoms with Gasteiger partial charge in [0.05, 0.1) is 25.5 Å². The van der Waals surface area contributed by atoms with Crippen molar-refractivity contribution in [2.75, 3.05) is 39.5 Å². The molecule has 1 atom stereocenters. The monoisotopic (exact) mass is 386 g/mol. The molecule has 2 heterocycles. The number of aryl methyl sites for hydroxylation is 1. The van der Waals surface area contributed by atoms with Crippen molar-refractivity contribution in [1.82, 2.24) is 10.2 Å². The number of carbonyl (C=O) groups is 1. The van der Waals surface area contributed by atoms with E-state index in [4.69, 9.17) is 13.9 Å². The van der Waals surface area contributed by atoms with Crippen LogP contribution >= 0.6 is 0 Å². The molecule has 152 valence electrons. The Bertz CT molecular complexity index is 752. The molecule has 1 aliphatic heterocycles. The predicted octanol–water partition coefficient (Wildman–Crippen LogP) is 3.28. The zero-order chi connectivity index (χ0) is 19.9. The maximum Gasteiger partial charge on any atom is 0.258 e. The van der Waals surface area contributed by atoms with Crippen molar-refractivity contribution in [2.24, 2.45) is 0 Å². The molecule has 6 heteroatoms. The van der Waals surface area contributed by atoms with Crippen molar-refractivity contribution in [1.29, 1.82) is 0 Å². The molecule has 1 N–H and O–H groups in total. The highest BCUT2D eigenvalue weighted by atomic mass is 16.5. The van der Waals surface area contributed by atoms with Crippen molar-refractivity contribution >= 4 is 5.91 Å². The second-order valence-electron chi connectivity index (χ2n) is 7.47. The van der Waals surface area contributed by atoms with Crippen LogP contribution in [0.15, 0.2) is 41.0 Å². The number of furan rings is 1. The summed E-state index contributed by atoms with van der Waals surface area (Å²) in [5, 5.41) is 3.00. The van der Waals surface area contributed by atoms with Crippen LogP contribution in [0.3, 0.4) is 0 Å². The fourth-order valence-corrected chi connectivity index (χ4v) is 3.43. The first-order valence-corrected chi connectivity index (χ1v) is 9.90. The van der Waals surface area contributed by atoms with Crippen molar-refractivity contribution in [2.45, 2.75) is 32.7 Å². The Morgan fingerprint density at radius 3 is 2.71 bits per heavy atom. The zero-order valence-corrected chi connectivity index (χ0v) is 16.9. The summed E-state index contributed by atoms with van der Waals surface area (Å²) in [5.74, 6) is 1.83. The van der Waals surface area contributed by atoms with Gasteiger partial charge in [-0.2, -0.15) is 0 Å². The lowest BCUT2D eigenvalue weighted by molar-refractivity contribution is -0.123. The van der Waals surface area contributed by atoms with E-state index >= 15 is 0 Å². The SMILES string of the molecule is Cc1ccc(C(C)C)c(OCC(=O)NCC(c2ccco2)N2CCOCC2)c1. The van der Waals surface area contributed by atoms with Crippen LogP contribution in [0.1, 0.15) is 42.7 Å². The van der Waals surface area contributed by atoms with E-state index in [1.54, 1.807) is 6.26 Å². The van der Waals surface area contributed by atoms with Crippen LogP contribution in [0, 0.1) is 6.92 Å². The van der Waals surface area contributed by atoms with Gasteiger partial charge in [-0.1, -0.05) is 26.0 Å². The molecular weight excluding hydrogens is 356 g/mol. The molecule has 1 aliphatic rings. The zero-order valence-electron chi connectivity index (χ0n) is 16.9. The van der Waals surface area contributed by atoms with Crippen LogP contribution in [0.2, 0.25) is 0 Å². The maximum atomic E-state index is 12.4. The number of carbonyl (C=O) groups excluding carboxylic acids is 1. The number of hydrogen-bond acceptors (Lipinski definition) is 5. The number of nitrogens with one attached hydrogen (secondary N) is 1. The van der Waals surface area contributed by atoms with Gasteiger partial charge in [0.25, 0.3) is 5.91 Å². The summed E-state index contributed by atoms with van der Waals surface area (Å²) in [4.78, 5) is 14.7. The van der Waals surface area contributed by atoms with Crippen LogP contribution in [0.25, 0.3) is 0 Å². The lowest BCUT2D eigenvalue weighted by Gasteiger charge is -2.33. The molecule has 1 amide bonds. The Balaban J connectivity index is 1.57. The molecular formula is C22H30N2O4. The van der Waals surface area contributed by atoms with E-state index in [2.05, 4.69) is 36.2 Å². The Morgan fingerprint density at radius 1 is 1.25 bits per heavy atom. The maximum absolute atomic E-state index is 12.4. The van der Waals surface area contributed by atoms with Gasteiger partial charge in [-0.05, 0) is 42.2 Å². The third-order valence-corrected chi connectivity index (χ3v) is 5.00. The normalized spacial score (nSPS) is 16.1. The van der Waals surface area contributed by atoms with Crippen molar-refractivity contribution in [3.05, 3.63) is 53.5 Å². The van der Waals surface area contributed by atoms with Crippen molar-refractivity contribution in [3.63, 3.8) is 0 Å². The van der Waals surface area contributed by atoms with Gasteiger partial charge in [0.1, 0.15) is 11.5 Å². The molecule has 0 spiro atoms. The van der Waals surface area contributed by atoms with Gasteiger partial charge in [-0.25, -0.2) is 0 Å². The summed E-state index contributed by atoms with van der Waals surface area (Å²) < 4.78 is 16.9. The highest BCUT2D eigenvalue weighted by Gasteiger charge is 2.25. The van der Waals surface area contributed by atoms with Crippen LogP contribution in [0.4, 0.5) is 0 Å². The van der Waals surface area contributed by atoms with Crippen LogP contribution in [-0.2, 0) is 9.53 Å². The summed E-state index contributed by atoms with van der Waals surface area (Å²) >= 11 is 0. The molecule has 0 aliphatic carbocycles. The van der Waals surface area contributed by atoms with E-state index in [-0.39, 0.29) is 18.6 Å². The first-order valence-electron chi connectivity index (χ1n) is 9.90. The second kappa shape index (κ2) is 9.75. The second-order valence-corrected chi connectivity index (χ2v) is 7.47. The van der Waals surface area contributed by atoms with Crippen LogP contribution in [-0.4, -0.2) is 50.3 Å². The summed E-state index contributed by atoms with van der Waals surface area (Å²) in [6, 6.07) is 9.94. The smallest absolute Gasteiger partial charge is 0.258 e. The molecule has 1 aromatic heterocycles. The molecule has 1 unspecified atom stereocenters. The largest absolute Gasteiger partial charge is 0.483 e. The topological polar surface area (TPSA) is 63.9 Å². The first kappa shape index (κ1) is 20.4. The third-order valence-electron chi connectivity index (χ3n) is 5.00. The van der Waals surface area contributed by atoms with Gasteiger partial charge in [-0.3, -0.25) is 9.69 Å². The third kappa shape index (κ3) is 5.36. The molecule has 0 bridgehead atoms. The number of morpholine rings is 1. The standard InChI is InChI=1S/C22H30N2O4/c1-16(2)18-7-6-17(3)13-21(18)28-15-22(25)23-14-19(20-5-4-10-27-20)24-8-11-26-12-9-24/h4-7,10,13,16,19H,8-9,11-12,14-15H2,1-3H3,(H,23,25). The van der Waals surface area contributed by atoms with Gasteiger partial charge < -0.3 is 19.2 Å². The summed E-state index contributed by atoms with van der Waals surface area (Å²) in [6.07, 6.45) is 1.67. The van der Waals surface area contributed by atoms with Crippen molar-refractivity contribution < 1.29 is 18.7 Å². The Hall–Kier alpha value is -2.31. The number of ether oxygens (including phenoxy) is 2. The number of nitrogens with zero attached hydrogens (tertiary/aromatic N) is 1. The van der Waals surface area contributed by atoms with E-state index in [0.29, 0.717) is 25.7 Å². The summed E-state index contributed by atoms with van der Waals surface area (Å²) in [5.41, 5.74) is 2.23. The number of rotatable bonds is 8. The highest BCUT2D eigenvalue weighted by molar-refractivity contribution is 5.77. The van der Waals surface area contributed by atoms with Gasteiger partial charge in [0, 0.05) is 19.6 Å². The Labute approximate surface area is 166 Å². The van der Waals surface area contributed by atoms with Gasteiger partial charge in [-0.15, -0.1) is 0 Å². The van der Waals surface area contributed by atoms with Gasteiger partial charge >= 0.3 is 0 Å². The summed E-state index contributed by atoms with van der Waals surface area (Å²) in [6.45, 7) is 9.75. The van der Waals surface area contributed by atoms with E-state index < -0.39 is 0 Å². The predicted molar refractivity (Wildman–Crippen MR) is 108 cm³/mol. The molecule has 2 aromatic rings. The lowest BCUT2D eigenvalue weighted by Crippen LogP contribution is -2.44. The fraction of sp³-hybridized carbons (Fsp3) is 0.500. The minimum Gasteiger partial charge on any atom is -0.483 e. The molecule has 0 saturated carbocycles. The fourth-order valence-electron chi connectivity index (χ4n) is 3.43. The number of amides is 1. The van der Waals surface area contributed by atoms with E-state index in [0.717, 1.165) is 35.7 Å². The minimum absolute atomic E-state index is 0.00282. The first-order chi connectivity index (χ1) is 13.5. The van der Waals surface area contributed by atoms with E-state index in [1.807, 2.05) is 25.1 Å². The van der Waals surface area contributed by atoms with Crippen LogP contribution < -0.4 is 10.1 Å². The molecule has 1 fully saturated rings. The molecule has 28 heavy (non-hydrogen) atoms. The minimum atomic E-state index is -0.138. The van der Waals surface area contributed by atoms with Crippen LogP contribution in [0.5, 0.6) is 5.75 Å². The van der Waals surface area contributed by atoms with Gasteiger partial charge in [0.15, 0.2) is 6.61 Å². The highest BCUT2D eigenvalue weighted by Crippen LogP contribution is 2.27. The van der Waals surface area contributed by atoms with E-state index in [9.17, 15) is 4.79 Å². The van der Waals surface area contributed by atoms with E-state index in [1.165, 1.54) is 0 Å². The average molecular weight is 386 g/mol. The van der Waals surface area contributed by atoms with Crippen molar-refractivity contribution in [3.8, 4) is 5.75 Å². The molecule has 1 saturated heterocycles. The lowest BCUT2D eigenvalue weighted by atomic mass is 10.0. The molecule has 1 aromatic carbocycles. The number of hydrogen-bond donors (Lipinski definition) is 1.